The van der Waals surface area contributed by atoms with Crippen LogP contribution in [0.5, 0.6) is 0 Å². The van der Waals surface area contributed by atoms with Crippen LogP contribution in [0.1, 0.15) is 25.3 Å². The van der Waals surface area contributed by atoms with Gasteiger partial charge in [-0.25, -0.2) is 4.99 Å². The maximum absolute atomic E-state index is 12.7. The largest absolute Gasteiger partial charge is 0.349 e. The van der Waals surface area contributed by atoms with Gasteiger partial charge in [0, 0.05) is 16.2 Å². The third-order valence-corrected chi connectivity index (χ3v) is 4.32. The van der Waals surface area contributed by atoms with Gasteiger partial charge in [0.25, 0.3) is 5.91 Å². The summed E-state index contributed by atoms with van der Waals surface area (Å²) in [5.74, 6) is -1.30. The van der Waals surface area contributed by atoms with E-state index in [9.17, 15) is 9.59 Å². The van der Waals surface area contributed by atoms with Gasteiger partial charge in [0.05, 0.1) is 5.69 Å². The van der Waals surface area contributed by atoms with E-state index in [0.717, 1.165) is 15.7 Å². The number of aliphatic imine (C=N–C) groups is 1. The molecule has 1 unspecified atom stereocenters. The summed E-state index contributed by atoms with van der Waals surface area (Å²) in [6, 6.07) is 14.6. The Bertz CT molecular complexity index is 844. The lowest BCUT2D eigenvalue weighted by Crippen LogP contribution is -2.40. The molecule has 0 bridgehead atoms. The first-order chi connectivity index (χ1) is 12.0. The van der Waals surface area contributed by atoms with Crippen molar-refractivity contribution in [3.63, 3.8) is 0 Å². The maximum atomic E-state index is 12.7. The van der Waals surface area contributed by atoms with Crippen LogP contribution in [0.4, 0.5) is 11.4 Å². The van der Waals surface area contributed by atoms with Gasteiger partial charge in [-0.15, -0.1) is 0 Å². The number of fused-ring (bicyclic) bond motifs is 1. The van der Waals surface area contributed by atoms with E-state index < -0.39 is 5.92 Å². The molecule has 0 radical (unpaired) electrons. The van der Waals surface area contributed by atoms with Crippen LogP contribution in [-0.4, -0.2) is 23.6 Å². The number of nitrogens with one attached hydrogen (secondary N) is 2. The van der Waals surface area contributed by atoms with Crippen molar-refractivity contribution < 1.29 is 9.59 Å². The van der Waals surface area contributed by atoms with Gasteiger partial charge in [-0.3, -0.25) is 9.59 Å². The lowest BCUT2D eigenvalue weighted by molar-refractivity contribution is -0.118. The van der Waals surface area contributed by atoms with Gasteiger partial charge in [-0.05, 0) is 49.7 Å². The van der Waals surface area contributed by atoms with Crippen molar-refractivity contribution in [2.45, 2.75) is 25.8 Å². The predicted molar refractivity (Wildman–Crippen MR) is 102 cm³/mol. The minimum absolute atomic E-state index is 0.0534. The number of amides is 2. The molecule has 2 amide bonds. The number of carbonyl (C=O) groups is 2. The maximum Gasteiger partial charge on any atom is 0.267 e. The SMILES string of the molecule is CC(C)NC(=O)C(=Nc1ccc(Br)cc1)C1C(=O)Nc2ccccc21. The van der Waals surface area contributed by atoms with E-state index in [4.69, 9.17) is 0 Å². The van der Waals surface area contributed by atoms with Gasteiger partial charge in [-0.2, -0.15) is 0 Å². The molecule has 1 aliphatic rings. The minimum atomic E-state index is -0.724. The van der Waals surface area contributed by atoms with E-state index in [1.807, 2.05) is 50.2 Å². The Morgan fingerprint density at radius 1 is 1.16 bits per heavy atom. The molecule has 0 saturated heterocycles. The second kappa shape index (κ2) is 7.19. The summed E-state index contributed by atoms with van der Waals surface area (Å²) in [6.45, 7) is 3.75. The second-order valence-corrected chi connectivity index (χ2v) is 7.03. The molecule has 3 rings (SSSR count). The molecule has 0 aliphatic carbocycles. The number of hydrogen-bond acceptors (Lipinski definition) is 3. The van der Waals surface area contributed by atoms with Crippen molar-refractivity contribution in [2.75, 3.05) is 5.32 Å². The fourth-order valence-corrected chi connectivity index (χ4v) is 2.98. The average molecular weight is 400 g/mol. The number of carbonyl (C=O) groups excluding carboxylic acids is 2. The van der Waals surface area contributed by atoms with E-state index in [2.05, 4.69) is 31.6 Å². The summed E-state index contributed by atoms with van der Waals surface area (Å²) in [5, 5.41) is 5.67. The third kappa shape index (κ3) is 3.79. The second-order valence-electron chi connectivity index (χ2n) is 6.11. The van der Waals surface area contributed by atoms with Crippen LogP contribution in [0.2, 0.25) is 0 Å². The summed E-state index contributed by atoms with van der Waals surface area (Å²) in [5.41, 5.74) is 2.30. The Morgan fingerprint density at radius 3 is 2.52 bits per heavy atom. The highest BCUT2D eigenvalue weighted by atomic mass is 79.9. The van der Waals surface area contributed by atoms with Crippen LogP contribution < -0.4 is 10.6 Å². The lowest BCUT2D eigenvalue weighted by atomic mass is 9.94. The molecule has 1 aliphatic heterocycles. The molecular formula is C19H18BrN3O2. The molecule has 1 atom stereocenters. The van der Waals surface area contributed by atoms with E-state index in [-0.39, 0.29) is 23.6 Å². The van der Waals surface area contributed by atoms with Gasteiger partial charge < -0.3 is 10.6 Å². The average Bonchev–Trinajstić information content (AvgIpc) is 2.89. The Morgan fingerprint density at radius 2 is 1.84 bits per heavy atom. The zero-order valence-electron chi connectivity index (χ0n) is 13.9. The quantitative estimate of drug-likeness (QED) is 0.767. The third-order valence-electron chi connectivity index (χ3n) is 3.79. The van der Waals surface area contributed by atoms with Crippen molar-refractivity contribution in [3.05, 3.63) is 58.6 Å². The van der Waals surface area contributed by atoms with Gasteiger partial charge in [0.1, 0.15) is 11.6 Å². The monoisotopic (exact) mass is 399 g/mol. The Balaban J connectivity index is 2.07. The molecule has 2 aromatic carbocycles. The highest BCUT2D eigenvalue weighted by Gasteiger charge is 2.37. The summed E-state index contributed by atoms with van der Waals surface area (Å²) in [4.78, 5) is 29.8. The van der Waals surface area contributed by atoms with Gasteiger partial charge in [-0.1, -0.05) is 34.1 Å². The number of para-hydroxylation sites is 1. The molecule has 0 fully saturated rings. The van der Waals surface area contributed by atoms with Crippen molar-refractivity contribution in [2.24, 2.45) is 4.99 Å². The first-order valence-electron chi connectivity index (χ1n) is 8.00. The lowest BCUT2D eigenvalue weighted by Gasteiger charge is -2.15. The van der Waals surface area contributed by atoms with E-state index in [1.165, 1.54) is 0 Å². The topological polar surface area (TPSA) is 70.6 Å². The number of rotatable bonds is 4. The normalized spacial score (nSPS) is 16.6. The van der Waals surface area contributed by atoms with Crippen LogP contribution in [0.15, 0.2) is 58.0 Å². The molecule has 0 spiro atoms. The molecule has 2 N–H and O–H groups in total. The molecule has 0 aromatic heterocycles. The summed E-state index contributed by atoms with van der Waals surface area (Å²) in [6.07, 6.45) is 0. The Kier molecular flexibility index (Phi) is 4.99. The molecule has 0 saturated carbocycles. The first kappa shape index (κ1) is 17.4. The van der Waals surface area contributed by atoms with Crippen molar-refractivity contribution in [3.8, 4) is 0 Å². The number of benzene rings is 2. The van der Waals surface area contributed by atoms with Crippen LogP contribution in [0, 0.1) is 0 Å². The van der Waals surface area contributed by atoms with Crippen LogP contribution in [-0.2, 0) is 9.59 Å². The molecule has 2 aromatic rings. The molecule has 128 valence electrons. The fraction of sp³-hybridized carbons (Fsp3) is 0.211. The fourth-order valence-electron chi connectivity index (χ4n) is 2.72. The zero-order valence-corrected chi connectivity index (χ0v) is 15.5. The van der Waals surface area contributed by atoms with Crippen molar-refractivity contribution >= 4 is 44.8 Å². The standard InChI is InChI=1S/C19H18BrN3O2/c1-11(2)21-19(25)17(22-13-9-7-12(20)8-10-13)16-14-5-3-4-6-15(14)23-18(16)24/h3-11,16H,1-2H3,(H,21,25)(H,23,24). The molecule has 5 nitrogen and oxygen atoms in total. The number of halogens is 1. The summed E-state index contributed by atoms with van der Waals surface area (Å²) >= 11 is 3.38. The predicted octanol–water partition coefficient (Wildman–Crippen LogP) is 3.78. The molecule has 1 heterocycles. The molecule has 6 heteroatoms. The molecule has 25 heavy (non-hydrogen) atoms. The minimum Gasteiger partial charge on any atom is -0.349 e. The summed E-state index contributed by atoms with van der Waals surface area (Å²) in [7, 11) is 0. The highest BCUT2D eigenvalue weighted by Crippen LogP contribution is 2.34. The van der Waals surface area contributed by atoms with Crippen molar-refractivity contribution in [1.29, 1.82) is 0 Å². The van der Waals surface area contributed by atoms with Crippen LogP contribution >= 0.6 is 15.9 Å². The Hall–Kier alpha value is -2.47. The van der Waals surface area contributed by atoms with E-state index in [0.29, 0.717) is 5.69 Å². The first-order valence-corrected chi connectivity index (χ1v) is 8.80. The van der Waals surface area contributed by atoms with Gasteiger partial charge >= 0.3 is 0 Å². The zero-order chi connectivity index (χ0) is 18.0. The van der Waals surface area contributed by atoms with Gasteiger partial charge in [0.2, 0.25) is 5.91 Å². The smallest absolute Gasteiger partial charge is 0.267 e. The van der Waals surface area contributed by atoms with Crippen LogP contribution in [0.3, 0.4) is 0 Å². The Labute approximate surface area is 154 Å². The molecular weight excluding hydrogens is 382 g/mol. The highest BCUT2D eigenvalue weighted by molar-refractivity contribution is 9.10. The van der Waals surface area contributed by atoms with E-state index in [1.54, 1.807) is 12.1 Å². The van der Waals surface area contributed by atoms with Crippen molar-refractivity contribution in [1.82, 2.24) is 5.32 Å². The number of anilines is 1. The number of hydrogen-bond donors (Lipinski definition) is 2. The number of nitrogens with zero attached hydrogens (tertiary/aromatic N) is 1. The summed E-state index contributed by atoms with van der Waals surface area (Å²) < 4.78 is 0.920. The van der Waals surface area contributed by atoms with E-state index >= 15 is 0 Å². The van der Waals surface area contributed by atoms with Crippen LogP contribution in [0.25, 0.3) is 0 Å². The van der Waals surface area contributed by atoms with Gasteiger partial charge in [0.15, 0.2) is 0 Å².